The topological polar surface area (TPSA) is 46.2 Å². The van der Waals surface area contributed by atoms with E-state index in [9.17, 15) is 9.59 Å². The van der Waals surface area contributed by atoms with Crippen LogP contribution in [-0.2, 0) is 0 Å². The lowest BCUT2D eigenvalue weighted by Crippen LogP contribution is -2.28. The molecule has 0 spiro atoms. The van der Waals surface area contributed by atoms with E-state index in [1.54, 1.807) is 23.6 Å². The Balaban J connectivity index is 1.94. The second-order valence-electron chi connectivity index (χ2n) is 3.31. The molecule has 0 saturated heterocycles. The molecular formula is C11H7Cl2NO2S2. The van der Waals surface area contributed by atoms with Crippen LogP contribution in [0.2, 0.25) is 9.36 Å². The Bertz CT molecular complexity index is 591. The minimum Gasteiger partial charge on any atom is -0.344 e. The number of nitrogens with one attached hydrogen (secondary N) is 1. The predicted molar refractivity (Wildman–Crippen MR) is 75.3 cm³/mol. The summed E-state index contributed by atoms with van der Waals surface area (Å²) in [6.07, 6.45) is 0. The number of rotatable bonds is 4. The maximum atomic E-state index is 11.8. The maximum absolute atomic E-state index is 11.8. The molecule has 0 unspecified atom stereocenters. The van der Waals surface area contributed by atoms with E-state index in [0.717, 1.165) is 0 Å². The van der Waals surface area contributed by atoms with Crippen LogP contribution in [-0.4, -0.2) is 18.2 Å². The van der Waals surface area contributed by atoms with E-state index in [1.165, 1.54) is 22.7 Å². The molecule has 0 aliphatic rings. The van der Waals surface area contributed by atoms with E-state index < -0.39 is 0 Å². The van der Waals surface area contributed by atoms with Gasteiger partial charge in [-0.25, -0.2) is 0 Å². The van der Waals surface area contributed by atoms with E-state index in [4.69, 9.17) is 23.2 Å². The molecule has 0 aliphatic carbocycles. The number of halogens is 2. The van der Waals surface area contributed by atoms with Crippen LogP contribution in [0.5, 0.6) is 0 Å². The van der Waals surface area contributed by atoms with E-state index in [-0.39, 0.29) is 18.2 Å². The summed E-state index contributed by atoms with van der Waals surface area (Å²) in [5, 5.41) is 4.69. The van der Waals surface area contributed by atoms with E-state index >= 15 is 0 Å². The zero-order valence-electron chi connectivity index (χ0n) is 8.91. The predicted octanol–water partition coefficient (Wildman–Crippen LogP) is 3.73. The number of carbonyl (C=O) groups excluding carboxylic acids is 2. The van der Waals surface area contributed by atoms with Crippen molar-refractivity contribution >= 4 is 57.6 Å². The summed E-state index contributed by atoms with van der Waals surface area (Å²) in [6.45, 7) is -0.0748. The van der Waals surface area contributed by atoms with E-state index in [2.05, 4.69) is 5.32 Å². The smallest absolute Gasteiger partial charge is 0.261 e. The highest BCUT2D eigenvalue weighted by molar-refractivity contribution is 7.18. The number of ketones is 1. The highest BCUT2D eigenvalue weighted by Gasteiger charge is 2.14. The van der Waals surface area contributed by atoms with Gasteiger partial charge in [0.25, 0.3) is 5.91 Å². The van der Waals surface area contributed by atoms with Gasteiger partial charge in [-0.3, -0.25) is 9.59 Å². The average molecular weight is 320 g/mol. The molecule has 0 bridgehead atoms. The SMILES string of the molecule is O=C(NCC(=O)c1sccc1Cl)c1ccc(Cl)s1. The minimum atomic E-state index is -0.312. The highest BCUT2D eigenvalue weighted by atomic mass is 35.5. The Labute approximate surface area is 121 Å². The van der Waals surface area contributed by atoms with Crippen molar-refractivity contribution in [1.29, 1.82) is 0 Å². The molecule has 0 saturated carbocycles. The first-order valence-electron chi connectivity index (χ1n) is 4.87. The van der Waals surface area contributed by atoms with Gasteiger partial charge in [0, 0.05) is 0 Å². The Morgan fingerprint density at radius 3 is 2.56 bits per heavy atom. The molecule has 18 heavy (non-hydrogen) atoms. The minimum absolute atomic E-state index is 0.0748. The summed E-state index contributed by atoms with van der Waals surface area (Å²) in [6, 6.07) is 4.91. The van der Waals surface area contributed by atoms with E-state index in [0.29, 0.717) is 19.1 Å². The highest BCUT2D eigenvalue weighted by Crippen LogP contribution is 2.23. The summed E-state index contributed by atoms with van der Waals surface area (Å²) < 4.78 is 0.535. The van der Waals surface area contributed by atoms with Crippen LogP contribution in [0.3, 0.4) is 0 Å². The van der Waals surface area contributed by atoms with Crippen LogP contribution < -0.4 is 5.32 Å². The molecule has 0 aromatic carbocycles. The number of hydrogen-bond donors (Lipinski definition) is 1. The molecule has 1 N–H and O–H groups in total. The number of amides is 1. The van der Waals surface area contributed by atoms with Gasteiger partial charge in [-0.15, -0.1) is 22.7 Å². The van der Waals surface area contributed by atoms with Crippen LogP contribution in [0.15, 0.2) is 23.6 Å². The number of hydrogen-bond acceptors (Lipinski definition) is 4. The van der Waals surface area contributed by atoms with Crippen LogP contribution in [0.4, 0.5) is 0 Å². The summed E-state index contributed by atoms with van der Waals surface area (Å²) in [7, 11) is 0. The molecule has 0 radical (unpaired) electrons. The Morgan fingerprint density at radius 2 is 2.00 bits per heavy atom. The Kier molecular flexibility index (Phi) is 4.40. The van der Waals surface area contributed by atoms with Crippen LogP contribution in [0, 0.1) is 0 Å². The van der Waals surface area contributed by atoms with Gasteiger partial charge in [-0.05, 0) is 23.6 Å². The fraction of sp³-hybridized carbons (Fsp3) is 0.0909. The molecule has 2 aromatic rings. The van der Waals surface area contributed by atoms with Crippen molar-refractivity contribution in [2.75, 3.05) is 6.54 Å². The molecule has 0 aliphatic heterocycles. The van der Waals surface area contributed by atoms with Gasteiger partial charge in [-0.1, -0.05) is 23.2 Å². The largest absolute Gasteiger partial charge is 0.344 e. The van der Waals surface area contributed by atoms with Crippen molar-refractivity contribution in [3.05, 3.63) is 42.7 Å². The van der Waals surface area contributed by atoms with Gasteiger partial charge in [0.05, 0.1) is 25.7 Å². The lowest BCUT2D eigenvalue weighted by molar-refractivity contribution is 0.0908. The summed E-state index contributed by atoms with van der Waals surface area (Å²) in [5.74, 6) is -0.515. The molecule has 7 heteroatoms. The van der Waals surface area contributed by atoms with Crippen molar-refractivity contribution in [1.82, 2.24) is 5.32 Å². The summed E-state index contributed by atoms with van der Waals surface area (Å²) in [5.41, 5.74) is 0. The summed E-state index contributed by atoms with van der Waals surface area (Å²) in [4.78, 5) is 24.4. The Hall–Kier alpha value is -0.880. The third-order valence-corrected chi connectivity index (χ3v) is 4.69. The van der Waals surface area contributed by atoms with Crippen LogP contribution in [0.25, 0.3) is 0 Å². The van der Waals surface area contributed by atoms with Crippen molar-refractivity contribution in [2.45, 2.75) is 0 Å². The van der Waals surface area contributed by atoms with Gasteiger partial charge in [0.15, 0.2) is 5.78 Å². The lowest BCUT2D eigenvalue weighted by atomic mass is 10.3. The fourth-order valence-corrected chi connectivity index (χ4v) is 3.32. The molecule has 0 fully saturated rings. The monoisotopic (exact) mass is 319 g/mol. The van der Waals surface area contributed by atoms with Gasteiger partial charge < -0.3 is 5.32 Å². The first-order valence-corrected chi connectivity index (χ1v) is 7.33. The lowest BCUT2D eigenvalue weighted by Gasteiger charge is -2.01. The molecule has 1 amide bonds. The molecular weight excluding hydrogens is 313 g/mol. The van der Waals surface area contributed by atoms with Crippen molar-refractivity contribution in [3.63, 3.8) is 0 Å². The van der Waals surface area contributed by atoms with Crippen LogP contribution in [0.1, 0.15) is 19.3 Å². The van der Waals surface area contributed by atoms with Gasteiger partial charge >= 0.3 is 0 Å². The van der Waals surface area contributed by atoms with Crippen molar-refractivity contribution < 1.29 is 9.59 Å². The quantitative estimate of drug-likeness (QED) is 0.873. The average Bonchev–Trinajstić information content (AvgIpc) is 2.94. The van der Waals surface area contributed by atoms with Crippen LogP contribution >= 0.6 is 45.9 Å². The first-order chi connectivity index (χ1) is 8.58. The molecule has 3 nitrogen and oxygen atoms in total. The zero-order chi connectivity index (χ0) is 13.1. The maximum Gasteiger partial charge on any atom is 0.261 e. The van der Waals surface area contributed by atoms with Crippen molar-refractivity contribution in [3.8, 4) is 0 Å². The van der Waals surface area contributed by atoms with Gasteiger partial charge in [-0.2, -0.15) is 0 Å². The molecule has 94 valence electrons. The second-order valence-corrected chi connectivity index (χ2v) is 6.35. The number of thiophene rings is 2. The normalized spacial score (nSPS) is 10.3. The number of Topliss-reactive ketones (excluding diaryl/α,β-unsaturated/α-hetero) is 1. The third kappa shape index (κ3) is 3.11. The first kappa shape index (κ1) is 13.5. The fourth-order valence-electron chi connectivity index (χ4n) is 1.26. The Morgan fingerprint density at radius 1 is 1.22 bits per heavy atom. The number of carbonyl (C=O) groups is 2. The standard InChI is InChI=1S/C11H7Cl2NO2S2/c12-6-3-4-17-10(6)7(15)5-14-11(16)8-1-2-9(13)18-8/h1-4H,5H2,(H,14,16). The van der Waals surface area contributed by atoms with E-state index in [1.807, 2.05) is 0 Å². The van der Waals surface area contributed by atoms with Gasteiger partial charge in [0.2, 0.25) is 0 Å². The molecule has 2 rings (SSSR count). The molecule has 2 aromatic heterocycles. The second kappa shape index (κ2) is 5.84. The van der Waals surface area contributed by atoms with Gasteiger partial charge in [0.1, 0.15) is 0 Å². The molecule has 2 heterocycles. The summed E-state index contributed by atoms with van der Waals surface area (Å²) >= 11 is 14.0. The molecule has 0 atom stereocenters. The third-order valence-electron chi connectivity index (χ3n) is 2.08. The zero-order valence-corrected chi connectivity index (χ0v) is 12.1. The van der Waals surface area contributed by atoms with Crippen molar-refractivity contribution in [2.24, 2.45) is 0 Å².